The summed E-state index contributed by atoms with van der Waals surface area (Å²) in [4.78, 5) is 4.79. The van der Waals surface area contributed by atoms with E-state index in [1.807, 2.05) is 12.1 Å². The largest absolute Gasteiger partial charge is 0.334 e. The molecule has 0 bridgehead atoms. The van der Waals surface area contributed by atoms with Crippen LogP contribution < -0.4 is 5.32 Å². The van der Waals surface area contributed by atoms with Gasteiger partial charge in [-0.3, -0.25) is 4.99 Å². The molecule has 19 heavy (non-hydrogen) atoms. The van der Waals surface area contributed by atoms with E-state index in [0.717, 1.165) is 23.0 Å². The van der Waals surface area contributed by atoms with E-state index in [4.69, 9.17) is 28.2 Å². The van der Waals surface area contributed by atoms with E-state index < -0.39 is 0 Å². The number of amidine groups is 1. The molecule has 0 saturated heterocycles. The summed E-state index contributed by atoms with van der Waals surface area (Å²) in [5, 5.41) is 5.32. The second-order valence-electron chi connectivity index (χ2n) is 5.68. The first-order valence-corrected chi connectivity index (χ1v) is 8.04. The lowest BCUT2D eigenvalue weighted by Crippen LogP contribution is -2.30. The van der Waals surface area contributed by atoms with Gasteiger partial charge in [-0.15, -0.1) is 0 Å². The average Bonchev–Trinajstić information content (AvgIpc) is 2.34. The lowest BCUT2D eigenvalue weighted by molar-refractivity contribution is 0.316. The van der Waals surface area contributed by atoms with Crippen molar-refractivity contribution in [1.29, 1.82) is 0 Å². The second kappa shape index (κ2) is 5.94. The maximum atomic E-state index is 6.18. The number of nitrogens with one attached hydrogen (secondary N) is 1. The molecule has 1 aliphatic heterocycles. The van der Waals surface area contributed by atoms with Gasteiger partial charge in [0, 0.05) is 5.75 Å². The lowest BCUT2D eigenvalue weighted by Gasteiger charge is -2.31. The first-order valence-electron chi connectivity index (χ1n) is 6.29. The normalized spacial score (nSPS) is 20.1. The molecule has 0 radical (unpaired) electrons. The van der Waals surface area contributed by atoms with Gasteiger partial charge in [0.25, 0.3) is 0 Å². The number of hydrogen-bond donors (Lipinski definition) is 1. The molecule has 0 aromatic heterocycles. The molecule has 1 unspecified atom stereocenters. The molecule has 5 heteroatoms. The van der Waals surface area contributed by atoms with Gasteiger partial charge in [0.05, 0.1) is 21.8 Å². The standard InChI is InChI=1S/C14H18Cl2N2S/c1-14(2,3)11-7-8-19-13(18-11)17-10-6-4-5-9(15)12(10)16/h4-6,11H,7-8H2,1-3H3,(H,17,18). The molecule has 1 heterocycles. The molecule has 0 amide bonds. The Labute approximate surface area is 129 Å². The van der Waals surface area contributed by atoms with Crippen LogP contribution in [0.15, 0.2) is 23.2 Å². The van der Waals surface area contributed by atoms with Gasteiger partial charge in [0.1, 0.15) is 0 Å². The van der Waals surface area contributed by atoms with Crippen LogP contribution in [0, 0.1) is 5.41 Å². The van der Waals surface area contributed by atoms with Crippen molar-refractivity contribution in [2.75, 3.05) is 11.1 Å². The van der Waals surface area contributed by atoms with E-state index in [2.05, 4.69) is 26.1 Å². The number of aliphatic imine (C=N–C) groups is 1. The van der Waals surface area contributed by atoms with E-state index >= 15 is 0 Å². The van der Waals surface area contributed by atoms with Crippen molar-refractivity contribution in [3.63, 3.8) is 0 Å². The van der Waals surface area contributed by atoms with Crippen LogP contribution in [0.1, 0.15) is 27.2 Å². The minimum atomic E-state index is 0.187. The van der Waals surface area contributed by atoms with Crippen molar-refractivity contribution < 1.29 is 0 Å². The first-order chi connectivity index (χ1) is 8.88. The highest BCUT2D eigenvalue weighted by molar-refractivity contribution is 8.14. The summed E-state index contributed by atoms with van der Waals surface area (Å²) in [5.74, 6) is 1.08. The van der Waals surface area contributed by atoms with Crippen LogP contribution in [0.3, 0.4) is 0 Å². The molecule has 2 rings (SSSR count). The maximum Gasteiger partial charge on any atom is 0.161 e. The lowest BCUT2D eigenvalue weighted by atomic mass is 9.85. The third-order valence-corrected chi connectivity index (χ3v) is 4.84. The number of nitrogens with zero attached hydrogens (tertiary/aromatic N) is 1. The van der Waals surface area contributed by atoms with Crippen molar-refractivity contribution in [1.82, 2.24) is 0 Å². The summed E-state index contributed by atoms with van der Waals surface area (Å²) in [6.45, 7) is 6.67. The fraction of sp³-hybridized carbons (Fsp3) is 0.500. The smallest absolute Gasteiger partial charge is 0.161 e. The Morgan fingerprint density at radius 3 is 2.74 bits per heavy atom. The summed E-state index contributed by atoms with van der Waals surface area (Å²) < 4.78 is 0. The van der Waals surface area contributed by atoms with Crippen LogP contribution >= 0.6 is 35.0 Å². The minimum absolute atomic E-state index is 0.187. The third kappa shape index (κ3) is 3.80. The summed E-state index contributed by atoms with van der Waals surface area (Å²) in [6.07, 6.45) is 1.11. The number of halogens is 2. The van der Waals surface area contributed by atoms with E-state index in [1.165, 1.54) is 0 Å². The zero-order chi connectivity index (χ0) is 14.0. The molecule has 1 aromatic rings. The molecule has 0 aliphatic carbocycles. The van der Waals surface area contributed by atoms with E-state index in [-0.39, 0.29) is 5.41 Å². The highest BCUT2D eigenvalue weighted by atomic mass is 35.5. The quantitative estimate of drug-likeness (QED) is 0.759. The molecule has 2 nitrogen and oxygen atoms in total. The molecule has 1 aliphatic rings. The topological polar surface area (TPSA) is 24.4 Å². The molecule has 104 valence electrons. The predicted octanol–water partition coefficient (Wildman–Crippen LogP) is 5.31. The number of benzene rings is 1. The van der Waals surface area contributed by atoms with Gasteiger partial charge < -0.3 is 5.32 Å². The van der Waals surface area contributed by atoms with Gasteiger partial charge in [-0.1, -0.05) is 61.8 Å². The highest BCUT2D eigenvalue weighted by Gasteiger charge is 2.27. The summed E-state index contributed by atoms with van der Waals surface area (Å²) in [6, 6.07) is 5.92. The Morgan fingerprint density at radius 2 is 2.05 bits per heavy atom. The van der Waals surface area contributed by atoms with Crippen LogP contribution in [0.25, 0.3) is 0 Å². The maximum absolute atomic E-state index is 6.18. The molecule has 1 N–H and O–H groups in total. The average molecular weight is 317 g/mol. The number of rotatable bonds is 1. The SMILES string of the molecule is CC(C)(C)C1CCSC(Nc2cccc(Cl)c2Cl)=N1. The van der Waals surface area contributed by atoms with Crippen molar-refractivity contribution in [3.8, 4) is 0 Å². The fourth-order valence-electron chi connectivity index (χ4n) is 1.92. The van der Waals surface area contributed by atoms with Gasteiger partial charge in [-0.05, 0) is 24.0 Å². The highest BCUT2D eigenvalue weighted by Crippen LogP contribution is 2.33. The van der Waals surface area contributed by atoms with Gasteiger partial charge in [-0.25, -0.2) is 0 Å². The van der Waals surface area contributed by atoms with Crippen molar-refractivity contribution in [2.24, 2.45) is 10.4 Å². The molecule has 0 spiro atoms. The van der Waals surface area contributed by atoms with Crippen LogP contribution in [-0.4, -0.2) is 17.0 Å². The minimum Gasteiger partial charge on any atom is -0.334 e. The molecule has 1 aromatic carbocycles. The monoisotopic (exact) mass is 316 g/mol. The Bertz CT molecular complexity index is 495. The Kier molecular flexibility index (Phi) is 4.70. The van der Waals surface area contributed by atoms with E-state index in [9.17, 15) is 0 Å². The van der Waals surface area contributed by atoms with Crippen LogP contribution in [0.2, 0.25) is 10.0 Å². The van der Waals surface area contributed by atoms with Crippen molar-refractivity contribution in [2.45, 2.75) is 33.2 Å². The van der Waals surface area contributed by atoms with Crippen LogP contribution in [0.5, 0.6) is 0 Å². The van der Waals surface area contributed by atoms with E-state index in [0.29, 0.717) is 16.1 Å². The predicted molar refractivity (Wildman–Crippen MR) is 87.8 cm³/mol. The zero-order valence-electron chi connectivity index (χ0n) is 11.3. The second-order valence-corrected chi connectivity index (χ2v) is 7.55. The first kappa shape index (κ1) is 15.0. The molecule has 0 saturated carbocycles. The zero-order valence-corrected chi connectivity index (χ0v) is 13.7. The Morgan fingerprint density at radius 1 is 1.32 bits per heavy atom. The third-order valence-electron chi connectivity index (χ3n) is 3.10. The Hall–Kier alpha value is -0.380. The van der Waals surface area contributed by atoms with Gasteiger partial charge in [0.2, 0.25) is 0 Å². The molecular formula is C14H18Cl2N2S. The van der Waals surface area contributed by atoms with Gasteiger partial charge in [-0.2, -0.15) is 0 Å². The van der Waals surface area contributed by atoms with Crippen LogP contribution in [-0.2, 0) is 0 Å². The van der Waals surface area contributed by atoms with E-state index in [1.54, 1.807) is 17.8 Å². The summed E-state index contributed by atoms with van der Waals surface area (Å²) >= 11 is 13.9. The summed E-state index contributed by atoms with van der Waals surface area (Å²) in [7, 11) is 0. The molecular weight excluding hydrogens is 299 g/mol. The van der Waals surface area contributed by atoms with Crippen LogP contribution in [0.4, 0.5) is 5.69 Å². The Balaban J connectivity index is 2.19. The molecule has 0 fully saturated rings. The number of anilines is 1. The van der Waals surface area contributed by atoms with Gasteiger partial charge >= 0.3 is 0 Å². The van der Waals surface area contributed by atoms with Crippen molar-refractivity contribution >= 4 is 45.8 Å². The summed E-state index contributed by atoms with van der Waals surface area (Å²) in [5.41, 5.74) is 1.00. The fourth-order valence-corrected chi connectivity index (χ4v) is 3.19. The number of thioether (sulfide) groups is 1. The van der Waals surface area contributed by atoms with Crippen molar-refractivity contribution in [3.05, 3.63) is 28.2 Å². The van der Waals surface area contributed by atoms with Gasteiger partial charge in [0.15, 0.2) is 5.17 Å². The number of hydrogen-bond acceptors (Lipinski definition) is 3. The molecule has 1 atom stereocenters.